The summed E-state index contributed by atoms with van der Waals surface area (Å²) >= 11 is 0. The second kappa shape index (κ2) is 6.60. The van der Waals surface area contributed by atoms with Gasteiger partial charge in [-0.3, -0.25) is 19.7 Å². The number of hydrogen-bond acceptors (Lipinski definition) is 8. The van der Waals surface area contributed by atoms with Crippen molar-refractivity contribution in [2.24, 2.45) is 10.9 Å². The predicted octanol–water partition coefficient (Wildman–Crippen LogP) is -1.03. The van der Waals surface area contributed by atoms with Crippen LogP contribution in [0.15, 0.2) is 4.99 Å². The lowest BCUT2D eigenvalue weighted by atomic mass is 9.81. The van der Waals surface area contributed by atoms with Gasteiger partial charge in [0, 0.05) is 30.5 Å². The van der Waals surface area contributed by atoms with Crippen LogP contribution < -0.4 is 16.0 Å². The summed E-state index contributed by atoms with van der Waals surface area (Å²) in [5, 5.41) is 8.36. The van der Waals surface area contributed by atoms with Crippen LogP contribution in [0.2, 0.25) is 0 Å². The maximum atomic E-state index is 11.6. The first-order valence-corrected chi connectivity index (χ1v) is 10.4. The molecule has 1 unspecified atom stereocenters. The molecule has 0 spiro atoms. The predicted molar refractivity (Wildman–Crippen MR) is 93.2 cm³/mol. The van der Waals surface area contributed by atoms with Crippen LogP contribution >= 0.6 is 0 Å². The molecule has 0 bridgehead atoms. The zero-order valence-corrected chi connectivity index (χ0v) is 15.6. The van der Waals surface area contributed by atoms with Crippen molar-refractivity contribution in [1.82, 2.24) is 20.9 Å². The van der Waals surface area contributed by atoms with E-state index in [2.05, 4.69) is 25.8 Å². The number of imide groups is 1. The van der Waals surface area contributed by atoms with Crippen LogP contribution in [0.5, 0.6) is 0 Å². The number of carbonyl (C=O) groups excluding carboxylic acids is 2. The lowest BCUT2D eigenvalue weighted by Gasteiger charge is -2.50. The highest BCUT2D eigenvalue weighted by Gasteiger charge is 2.49. The Kier molecular flexibility index (Phi) is 4.51. The number of aliphatic imine (C=N–C) groups is 1. The first kappa shape index (κ1) is 18.4. The van der Waals surface area contributed by atoms with Gasteiger partial charge in [0.2, 0.25) is 5.91 Å². The van der Waals surface area contributed by atoms with E-state index in [1.165, 1.54) is 0 Å². The highest BCUT2D eigenvalue weighted by molar-refractivity contribution is 7.80. The number of guanidine groups is 1. The van der Waals surface area contributed by atoms with Gasteiger partial charge in [-0.05, 0) is 19.3 Å². The van der Waals surface area contributed by atoms with Crippen molar-refractivity contribution in [3.8, 4) is 0 Å². The molecule has 4 aliphatic heterocycles. The van der Waals surface area contributed by atoms with Crippen LogP contribution in [-0.4, -0.2) is 72.6 Å². The molecule has 11 nitrogen and oxygen atoms in total. The van der Waals surface area contributed by atoms with E-state index in [0.29, 0.717) is 25.8 Å². The zero-order valence-electron chi connectivity index (χ0n) is 14.8. The van der Waals surface area contributed by atoms with E-state index in [-0.39, 0.29) is 42.4 Å². The quantitative estimate of drug-likeness (QED) is 0.437. The molecular formula is C15H23N5O6S. The molecule has 0 aromatic rings. The van der Waals surface area contributed by atoms with Crippen molar-refractivity contribution >= 4 is 28.3 Å². The fourth-order valence-corrected chi connectivity index (χ4v) is 5.28. The molecule has 0 radical (unpaired) electrons. The minimum absolute atomic E-state index is 0.0126. The van der Waals surface area contributed by atoms with Crippen LogP contribution in [0.25, 0.3) is 0 Å². The van der Waals surface area contributed by atoms with E-state index in [1.807, 2.05) is 6.92 Å². The summed E-state index contributed by atoms with van der Waals surface area (Å²) in [5.41, 5.74) is 0. The van der Waals surface area contributed by atoms with Gasteiger partial charge >= 0.3 is 16.4 Å². The Morgan fingerprint density at radius 1 is 1.26 bits per heavy atom. The van der Waals surface area contributed by atoms with Crippen molar-refractivity contribution in [3.05, 3.63) is 0 Å². The Hall–Kier alpha value is -1.92. The molecule has 4 aliphatic rings. The number of piperidine rings is 1. The molecule has 0 aliphatic carbocycles. The first-order chi connectivity index (χ1) is 12.7. The molecular weight excluding hydrogens is 378 g/mol. The average Bonchev–Trinajstić information content (AvgIpc) is 2.94. The molecule has 0 saturated carbocycles. The third kappa shape index (κ3) is 3.73. The fraction of sp³-hybridized carbons (Fsp3) is 0.800. The van der Waals surface area contributed by atoms with E-state index in [4.69, 9.17) is 8.74 Å². The summed E-state index contributed by atoms with van der Waals surface area (Å²) in [6, 6.07) is -0.738. The van der Waals surface area contributed by atoms with Crippen LogP contribution in [0.3, 0.4) is 0 Å². The van der Waals surface area contributed by atoms with E-state index < -0.39 is 22.5 Å². The molecule has 150 valence electrons. The Morgan fingerprint density at radius 2 is 2.04 bits per heavy atom. The third-order valence-electron chi connectivity index (χ3n) is 5.85. The maximum Gasteiger partial charge on any atom is 0.397 e. The summed E-state index contributed by atoms with van der Waals surface area (Å²) in [7, 11) is -4.52. The molecule has 27 heavy (non-hydrogen) atoms. The normalized spacial score (nSPS) is 38.4. The first-order valence-electron chi connectivity index (χ1n) is 9.05. The molecule has 3 saturated heterocycles. The molecule has 0 aromatic carbocycles. The summed E-state index contributed by atoms with van der Waals surface area (Å²) < 4.78 is 36.4. The molecule has 0 aromatic heterocycles. The van der Waals surface area contributed by atoms with Gasteiger partial charge < -0.3 is 15.5 Å². The molecule has 12 heteroatoms. The number of hydrogen-bond donors (Lipinski definition) is 4. The van der Waals surface area contributed by atoms with Crippen molar-refractivity contribution in [3.63, 3.8) is 0 Å². The van der Waals surface area contributed by atoms with Crippen molar-refractivity contribution in [1.29, 1.82) is 0 Å². The summed E-state index contributed by atoms with van der Waals surface area (Å²) in [4.78, 5) is 29.8. The molecule has 4 rings (SSSR count). The molecule has 3 fully saturated rings. The van der Waals surface area contributed by atoms with Gasteiger partial charge in [0.25, 0.3) is 0 Å². The monoisotopic (exact) mass is 401 g/mol. The minimum atomic E-state index is -4.52. The van der Waals surface area contributed by atoms with E-state index in [1.54, 1.807) is 0 Å². The van der Waals surface area contributed by atoms with Crippen LogP contribution in [0, 0.1) is 5.92 Å². The highest BCUT2D eigenvalue weighted by atomic mass is 32.3. The van der Waals surface area contributed by atoms with Crippen molar-refractivity contribution < 1.29 is 26.7 Å². The van der Waals surface area contributed by atoms with Crippen molar-refractivity contribution in [2.75, 3.05) is 6.54 Å². The Balaban J connectivity index is 1.46. The number of amides is 3. The van der Waals surface area contributed by atoms with Gasteiger partial charge in [-0.2, -0.15) is 8.42 Å². The highest BCUT2D eigenvalue weighted by Crippen LogP contribution is 2.38. The average molecular weight is 401 g/mol. The second-order valence-electron chi connectivity index (χ2n) is 7.69. The number of urea groups is 1. The number of nitrogens with zero attached hydrogens (tertiary/aromatic N) is 2. The van der Waals surface area contributed by atoms with E-state index in [0.717, 1.165) is 5.96 Å². The zero-order chi connectivity index (χ0) is 19.3. The van der Waals surface area contributed by atoms with Gasteiger partial charge in [-0.15, -0.1) is 0 Å². The van der Waals surface area contributed by atoms with Crippen LogP contribution in [0.1, 0.15) is 32.6 Å². The van der Waals surface area contributed by atoms with Crippen LogP contribution in [-0.2, 0) is 19.4 Å². The smallest absolute Gasteiger partial charge is 0.353 e. The molecule has 4 heterocycles. The van der Waals surface area contributed by atoms with E-state index >= 15 is 0 Å². The summed E-state index contributed by atoms with van der Waals surface area (Å²) in [6.07, 6.45) is 1.32. The third-order valence-corrected chi connectivity index (χ3v) is 6.34. The van der Waals surface area contributed by atoms with Gasteiger partial charge in [0.1, 0.15) is 0 Å². The van der Waals surface area contributed by atoms with Gasteiger partial charge in [0.05, 0.1) is 18.7 Å². The standard InChI is InChI=1S/C15H23N5O6S/c1-7-11-6-16-14-17-8(2-9-4-13(21)19-15(22)18-9)3-10(20(11)14)5-12(7)26-27(23,24)25/h7-12H,2-6H2,1H3,(H,16,17)(H,23,24,25)(H2,18,19,21,22)/t7-,8+,9?,10+,11-,12+/m0/s1. The lowest BCUT2D eigenvalue weighted by molar-refractivity contribution is -0.121. The topological polar surface area (TPSA) is 149 Å². The lowest BCUT2D eigenvalue weighted by Crippen LogP contribution is -2.65. The Labute approximate surface area is 156 Å². The summed E-state index contributed by atoms with van der Waals surface area (Å²) in [5.74, 6) is 0.363. The largest absolute Gasteiger partial charge is 0.397 e. The van der Waals surface area contributed by atoms with Gasteiger partial charge in [-0.25, -0.2) is 8.98 Å². The SMILES string of the molecule is C[C@@H]1[C@H](OS(=O)(=O)O)C[C@H]2C[C@@H](CC3CC(=O)NC(=O)N3)NC3=NC[C@@H]1N32. The number of rotatable bonds is 4. The molecule has 3 amide bonds. The van der Waals surface area contributed by atoms with Crippen molar-refractivity contribution in [2.45, 2.75) is 62.9 Å². The number of nitrogens with one attached hydrogen (secondary N) is 3. The van der Waals surface area contributed by atoms with Gasteiger partial charge in [0.15, 0.2) is 5.96 Å². The summed E-state index contributed by atoms with van der Waals surface area (Å²) in [6.45, 7) is 2.43. The van der Waals surface area contributed by atoms with E-state index in [9.17, 15) is 18.0 Å². The number of carbonyl (C=O) groups is 2. The molecule has 4 N–H and O–H groups in total. The molecule has 6 atom stereocenters. The second-order valence-corrected chi connectivity index (χ2v) is 8.73. The fourth-order valence-electron chi connectivity index (χ4n) is 4.71. The van der Waals surface area contributed by atoms with Gasteiger partial charge in [-0.1, -0.05) is 6.92 Å². The maximum absolute atomic E-state index is 11.6. The Morgan fingerprint density at radius 3 is 2.74 bits per heavy atom. The Bertz CT molecular complexity index is 770. The minimum Gasteiger partial charge on any atom is -0.353 e. The van der Waals surface area contributed by atoms with Crippen LogP contribution in [0.4, 0.5) is 4.79 Å².